The molecule has 282 valence electrons. The number of ether oxygens (including phenoxy) is 3. The maximum absolute atomic E-state index is 15.4. The minimum atomic E-state index is -1.50. The van der Waals surface area contributed by atoms with Gasteiger partial charge in [-0.05, 0) is 30.0 Å². The second-order valence-corrected chi connectivity index (χ2v) is 14.7. The predicted octanol–water partition coefficient (Wildman–Crippen LogP) is 2.37. The number of carbonyl (C=O) groups excluding carboxylic acids is 4. The number of nitrogens with one attached hydrogen (secondary N) is 1. The lowest BCUT2D eigenvalue weighted by Crippen LogP contribution is -2.70. The van der Waals surface area contributed by atoms with Crippen molar-refractivity contribution < 1.29 is 43.3 Å². The van der Waals surface area contributed by atoms with Crippen LogP contribution in [0.5, 0.6) is 0 Å². The van der Waals surface area contributed by atoms with Crippen molar-refractivity contribution in [1.29, 1.82) is 0 Å². The summed E-state index contributed by atoms with van der Waals surface area (Å²) in [7, 11) is 3.34. The fourth-order valence-corrected chi connectivity index (χ4v) is 8.83. The van der Waals surface area contributed by atoms with Crippen LogP contribution in [-0.2, 0) is 50.6 Å². The van der Waals surface area contributed by atoms with Crippen LogP contribution in [0.15, 0.2) is 91.0 Å². The molecule has 2 N–H and O–H groups in total. The first-order valence-corrected chi connectivity index (χ1v) is 18.5. The van der Waals surface area contributed by atoms with Crippen LogP contribution in [0.25, 0.3) is 6.08 Å². The van der Waals surface area contributed by atoms with Crippen LogP contribution < -0.4 is 5.32 Å². The molecule has 13 nitrogen and oxygen atoms in total. The molecule has 3 aromatic rings. The molecule has 13 heteroatoms. The van der Waals surface area contributed by atoms with E-state index in [1.165, 1.54) is 16.0 Å². The number of carbonyl (C=O) groups is 4. The molecule has 5 fully saturated rings. The number of hydroxylamine groups is 2. The smallest absolute Gasteiger partial charge is 0.327 e. The number of amides is 3. The van der Waals surface area contributed by atoms with Crippen molar-refractivity contribution in [3.8, 4) is 0 Å². The molecule has 0 spiro atoms. The van der Waals surface area contributed by atoms with E-state index in [1.807, 2.05) is 84.9 Å². The first kappa shape index (κ1) is 36.1. The van der Waals surface area contributed by atoms with Gasteiger partial charge in [0.05, 0.1) is 13.2 Å². The molecule has 8 rings (SSSR count). The summed E-state index contributed by atoms with van der Waals surface area (Å²) in [5.41, 5.74) is 1.44. The highest BCUT2D eigenvalue weighted by atomic mass is 16.8. The van der Waals surface area contributed by atoms with Crippen molar-refractivity contribution in [2.45, 2.75) is 68.1 Å². The standard InChI is InChI=1S/C41H44N4O9/c1-43(2)32(47)20-19-26-12-9-10-13-27(26)25-45-35-38(49)51-31-24-40(35,39(50)44-22-11-18-30(44)37(48)42-21-23-46)36(54-45)34-33(31)52-41(53-34,28-14-5-3-6-15-28)29-16-7-4-8-17-29/h3-10,12-17,19-20,30-31,33-36,46H,11,18,21-25H2,1-2H3,(H,42,48)/t30-,31+,33+,34+,35+,36-,40+/m1/s1. The van der Waals surface area contributed by atoms with Crippen molar-refractivity contribution in [1.82, 2.24) is 20.2 Å². The van der Waals surface area contributed by atoms with E-state index in [9.17, 15) is 19.5 Å². The fraction of sp³-hybridized carbons (Fsp3) is 0.415. The predicted molar refractivity (Wildman–Crippen MR) is 194 cm³/mol. The molecule has 4 saturated heterocycles. The maximum atomic E-state index is 15.4. The normalized spacial score (nSPS) is 29.5. The second-order valence-electron chi connectivity index (χ2n) is 14.7. The number of rotatable bonds is 10. The number of likely N-dealkylation sites (N-methyl/N-ethyl adjacent to an activating group) is 1. The molecule has 4 heterocycles. The molecule has 7 atom stereocenters. The minimum absolute atomic E-state index is 0.0586. The molecule has 3 aromatic carbocycles. The van der Waals surface area contributed by atoms with Gasteiger partial charge in [-0.25, -0.2) is 0 Å². The number of hydrogen-bond acceptors (Lipinski definition) is 10. The number of nitrogens with zero attached hydrogens (tertiary/aromatic N) is 3. The third-order valence-corrected chi connectivity index (χ3v) is 11.3. The Kier molecular flexibility index (Phi) is 9.61. The van der Waals surface area contributed by atoms with E-state index in [1.54, 1.807) is 25.1 Å². The van der Waals surface area contributed by atoms with Gasteiger partial charge in [0.1, 0.15) is 35.9 Å². The van der Waals surface area contributed by atoms with Crippen molar-refractivity contribution in [2.24, 2.45) is 5.41 Å². The summed E-state index contributed by atoms with van der Waals surface area (Å²) >= 11 is 0. The van der Waals surface area contributed by atoms with Gasteiger partial charge in [-0.15, -0.1) is 0 Å². The van der Waals surface area contributed by atoms with Crippen molar-refractivity contribution >= 4 is 29.8 Å². The number of likely N-dealkylation sites (tertiary alicyclic amines) is 1. The van der Waals surface area contributed by atoms with Gasteiger partial charge in [0.15, 0.2) is 6.04 Å². The average molecular weight is 737 g/mol. The van der Waals surface area contributed by atoms with Gasteiger partial charge in [0.25, 0.3) is 0 Å². The molecular formula is C41H44N4O9. The van der Waals surface area contributed by atoms with Gasteiger partial charge in [-0.2, -0.15) is 5.06 Å². The van der Waals surface area contributed by atoms with E-state index in [4.69, 9.17) is 19.0 Å². The first-order chi connectivity index (χ1) is 26.2. The van der Waals surface area contributed by atoms with Crippen LogP contribution >= 0.6 is 0 Å². The summed E-state index contributed by atoms with van der Waals surface area (Å²) in [6.45, 7) is 0.215. The van der Waals surface area contributed by atoms with Crippen molar-refractivity contribution in [3.05, 3.63) is 113 Å². The summed E-state index contributed by atoms with van der Waals surface area (Å²) < 4.78 is 20.3. The van der Waals surface area contributed by atoms with Gasteiger partial charge in [0, 0.05) is 50.8 Å². The lowest BCUT2D eigenvalue weighted by atomic mass is 9.62. The van der Waals surface area contributed by atoms with Gasteiger partial charge < -0.3 is 34.4 Å². The van der Waals surface area contributed by atoms with Gasteiger partial charge >= 0.3 is 5.97 Å². The van der Waals surface area contributed by atoms with E-state index in [2.05, 4.69) is 5.32 Å². The Balaban J connectivity index is 1.22. The SMILES string of the molecule is CN(C)C(=O)C=Cc1ccccc1CN1O[C@@H]2[C@H]3OC(c4ccccc4)(c4ccccc4)O[C@H]3[C@@H]3C[C@]2(C(=O)N2CCC[C@@H]2C(=O)NCCO)[C@@H]1C(=O)O3. The quantitative estimate of drug-likeness (QED) is 0.235. The number of benzene rings is 3. The highest BCUT2D eigenvalue weighted by molar-refractivity contribution is 5.97. The topological polar surface area (TPSA) is 147 Å². The lowest BCUT2D eigenvalue weighted by molar-refractivity contribution is -0.214. The zero-order chi connectivity index (χ0) is 37.6. The summed E-state index contributed by atoms with van der Waals surface area (Å²) in [5, 5.41) is 13.6. The number of hydrogen-bond donors (Lipinski definition) is 2. The maximum Gasteiger partial charge on any atom is 0.327 e. The third kappa shape index (κ3) is 5.91. The van der Waals surface area contributed by atoms with Crippen LogP contribution in [0.1, 0.15) is 41.5 Å². The van der Waals surface area contributed by atoms with Gasteiger partial charge in [-0.1, -0.05) is 84.9 Å². The molecule has 1 aliphatic carbocycles. The molecule has 0 radical (unpaired) electrons. The lowest BCUT2D eigenvalue weighted by Gasteiger charge is -2.50. The Hall–Kier alpha value is -4.92. The Morgan fingerprint density at radius 2 is 1.61 bits per heavy atom. The molecule has 0 aromatic heterocycles. The number of aliphatic hydroxyl groups is 1. The summed E-state index contributed by atoms with van der Waals surface area (Å²) in [6, 6.07) is 24.6. The Morgan fingerprint density at radius 1 is 0.944 bits per heavy atom. The molecule has 5 aliphatic rings. The number of esters is 1. The fourth-order valence-electron chi connectivity index (χ4n) is 8.83. The van der Waals surface area contributed by atoms with Crippen LogP contribution in [0.4, 0.5) is 0 Å². The summed E-state index contributed by atoms with van der Waals surface area (Å²) in [4.78, 5) is 65.5. The summed E-state index contributed by atoms with van der Waals surface area (Å²) in [5.74, 6) is -2.97. The molecule has 54 heavy (non-hydrogen) atoms. The van der Waals surface area contributed by atoms with Gasteiger partial charge in [0.2, 0.25) is 23.5 Å². The number of aliphatic hydroxyl groups excluding tert-OH is 1. The minimum Gasteiger partial charge on any atom is -0.458 e. The Bertz CT molecular complexity index is 1900. The first-order valence-electron chi connectivity index (χ1n) is 18.5. The second kappa shape index (κ2) is 14.4. The van der Waals surface area contributed by atoms with Crippen LogP contribution in [0.2, 0.25) is 0 Å². The average Bonchev–Trinajstić information content (AvgIpc) is 3.93. The monoisotopic (exact) mass is 736 g/mol. The Labute approximate surface area is 313 Å². The van der Waals surface area contributed by atoms with E-state index in [0.717, 1.165) is 22.3 Å². The van der Waals surface area contributed by atoms with E-state index >= 15 is 4.79 Å². The third-order valence-electron chi connectivity index (χ3n) is 11.3. The van der Waals surface area contributed by atoms with E-state index in [0.29, 0.717) is 19.4 Å². The summed E-state index contributed by atoms with van der Waals surface area (Å²) in [6.07, 6.45) is 0.796. The van der Waals surface area contributed by atoms with Crippen molar-refractivity contribution in [2.75, 3.05) is 33.8 Å². The largest absolute Gasteiger partial charge is 0.458 e. The Morgan fingerprint density at radius 3 is 2.30 bits per heavy atom. The molecule has 1 saturated carbocycles. The van der Waals surface area contributed by atoms with Crippen LogP contribution in [0, 0.1) is 5.41 Å². The molecule has 0 unspecified atom stereocenters. The molecule has 2 bridgehead atoms. The van der Waals surface area contributed by atoms with E-state index < -0.39 is 53.7 Å². The van der Waals surface area contributed by atoms with Gasteiger partial charge in [-0.3, -0.25) is 24.0 Å². The zero-order valence-electron chi connectivity index (χ0n) is 30.2. The number of fused-ring (bicyclic) bond motifs is 4. The van der Waals surface area contributed by atoms with Crippen LogP contribution in [0.3, 0.4) is 0 Å². The molecule has 4 aliphatic heterocycles. The molecular weight excluding hydrogens is 692 g/mol. The van der Waals surface area contributed by atoms with Crippen molar-refractivity contribution in [3.63, 3.8) is 0 Å². The zero-order valence-corrected chi connectivity index (χ0v) is 30.2. The highest BCUT2D eigenvalue weighted by Crippen LogP contribution is 2.60. The van der Waals surface area contributed by atoms with Crippen LogP contribution in [-0.4, -0.2) is 114 Å². The highest BCUT2D eigenvalue weighted by Gasteiger charge is 2.77. The van der Waals surface area contributed by atoms with E-state index in [-0.39, 0.29) is 43.8 Å². The molecule has 3 amide bonds.